The highest BCUT2D eigenvalue weighted by atomic mass is 16.5. The molecule has 9 nitrogen and oxygen atoms in total. The van der Waals surface area contributed by atoms with Crippen molar-refractivity contribution in [1.29, 1.82) is 0 Å². The van der Waals surface area contributed by atoms with Crippen molar-refractivity contribution in [2.75, 3.05) is 19.0 Å². The fourth-order valence-electron chi connectivity index (χ4n) is 4.08. The van der Waals surface area contributed by atoms with E-state index in [4.69, 9.17) is 14.5 Å². The molecule has 1 amide bonds. The van der Waals surface area contributed by atoms with Gasteiger partial charge in [-0.1, -0.05) is 30.3 Å². The minimum absolute atomic E-state index is 0.255. The summed E-state index contributed by atoms with van der Waals surface area (Å²) in [5.41, 5.74) is 3.44. The van der Waals surface area contributed by atoms with Crippen LogP contribution in [-0.4, -0.2) is 50.0 Å². The van der Waals surface area contributed by atoms with Gasteiger partial charge < -0.3 is 14.8 Å². The highest BCUT2D eigenvalue weighted by Crippen LogP contribution is 2.36. The van der Waals surface area contributed by atoms with Crippen LogP contribution in [0.4, 0.5) is 5.82 Å². The number of anilines is 1. The Morgan fingerprint density at radius 2 is 2.03 bits per heavy atom. The third-order valence-corrected chi connectivity index (χ3v) is 5.86. The molecule has 0 aliphatic carbocycles. The van der Waals surface area contributed by atoms with Crippen LogP contribution in [0.1, 0.15) is 19.8 Å². The molecule has 5 rings (SSSR count). The number of ether oxygens (including phenoxy) is 2. The number of methoxy groups -OCH3 is 1. The molecular formula is C24H24N6O3. The second kappa shape index (κ2) is 8.25. The van der Waals surface area contributed by atoms with E-state index in [1.807, 2.05) is 43.6 Å². The molecular weight excluding hydrogens is 420 g/mol. The molecule has 1 aliphatic heterocycles. The standard InChI is InChI=1S/C24H24N6O3/c1-24(10-7-11-33-24)23(31)28-22-18(32-3)12-17-21(27-22)20(26-14-25-17)16-13-30(2)29-19(16)15-8-5-4-6-9-15/h4-6,8-9,12-14H,7,10-11H2,1-3H3,(H,27,28,31)/t24-/m1/s1. The molecule has 1 saturated heterocycles. The molecule has 0 saturated carbocycles. The van der Waals surface area contributed by atoms with E-state index in [1.54, 1.807) is 17.7 Å². The van der Waals surface area contributed by atoms with Crippen LogP contribution in [-0.2, 0) is 16.6 Å². The van der Waals surface area contributed by atoms with Gasteiger partial charge in [0.15, 0.2) is 11.6 Å². The number of amides is 1. The van der Waals surface area contributed by atoms with Crippen molar-refractivity contribution in [3.63, 3.8) is 0 Å². The molecule has 4 heterocycles. The van der Waals surface area contributed by atoms with Crippen molar-refractivity contribution < 1.29 is 14.3 Å². The van der Waals surface area contributed by atoms with Crippen LogP contribution < -0.4 is 10.1 Å². The number of carbonyl (C=O) groups excluding carboxylic acids is 1. The van der Waals surface area contributed by atoms with Crippen LogP contribution in [0.15, 0.2) is 48.9 Å². The Hall–Kier alpha value is -3.85. The van der Waals surface area contributed by atoms with Crippen LogP contribution >= 0.6 is 0 Å². The summed E-state index contributed by atoms with van der Waals surface area (Å²) in [5.74, 6) is 0.458. The molecule has 0 bridgehead atoms. The van der Waals surface area contributed by atoms with Crippen LogP contribution in [0.5, 0.6) is 5.75 Å². The maximum atomic E-state index is 13.0. The molecule has 1 aliphatic rings. The molecule has 4 aromatic rings. The Kier molecular flexibility index (Phi) is 5.26. The van der Waals surface area contributed by atoms with Crippen LogP contribution in [0, 0.1) is 0 Å². The van der Waals surface area contributed by atoms with E-state index in [0.29, 0.717) is 41.3 Å². The number of hydrogen-bond donors (Lipinski definition) is 1. The number of rotatable bonds is 5. The van der Waals surface area contributed by atoms with Crippen molar-refractivity contribution in [2.45, 2.75) is 25.4 Å². The summed E-state index contributed by atoms with van der Waals surface area (Å²) < 4.78 is 12.9. The van der Waals surface area contributed by atoms with E-state index in [2.05, 4.69) is 20.4 Å². The number of nitrogens with one attached hydrogen (secondary N) is 1. The molecule has 0 unspecified atom stereocenters. The topological polar surface area (TPSA) is 104 Å². The zero-order valence-corrected chi connectivity index (χ0v) is 18.7. The molecule has 0 spiro atoms. The lowest BCUT2D eigenvalue weighted by Crippen LogP contribution is -2.39. The molecule has 168 valence electrons. The Bertz CT molecular complexity index is 1330. The van der Waals surface area contributed by atoms with E-state index in [9.17, 15) is 4.79 Å². The third kappa shape index (κ3) is 3.80. The zero-order valence-electron chi connectivity index (χ0n) is 18.7. The predicted octanol–water partition coefficient (Wildman–Crippen LogP) is 3.61. The largest absolute Gasteiger partial charge is 0.493 e. The highest BCUT2D eigenvalue weighted by Gasteiger charge is 2.38. The smallest absolute Gasteiger partial charge is 0.257 e. The quantitative estimate of drug-likeness (QED) is 0.501. The maximum absolute atomic E-state index is 13.0. The lowest BCUT2D eigenvalue weighted by atomic mass is 10.0. The minimum atomic E-state index is -0.887. The van der Waals surface area contributed by atoms with Crippen molar-refractivity contribution >= 4 is 22.8 Å². The predicted molar refractivity (Wildman–Crippen MR) is 124 cm³/mol. The second-order valence-corrected chi connectivity index (χ2v) is 8.20. The Labute approximate surface area is 190 Å². The summed E-state index contributed by atoms with van der Waals surface area (Å²) >= 11 is 0. The van der Waals surface area contributed by atoms with Gasteiger partial charge in [-0.2, -0.15) is 5.10 Å². The highest BCUT2D eigenvalue weighted by molar-refractivity contribution is 6.00. The van der Waals surface area contributed by atoms with Gasteiger partial charge in [-0.25, -0.2) is 15.0 Å². The summed E-state index contributed by atoms with van der Waals surface area (Å²) in [5, 5.41) is 7.54. The van der Waals surface area contributed by atoms with Gasteiger partial charge in [-0.05, 0) is 19.8 Å². The second-order valence-electron chi connectivity index (χ2n) is 8.20. The first kappa shape index (κ1) is 21.0. The number of nitrogens with zero attached hydrogens (tertiary/aromatic N) is 5. The molecule has 1 atom stereocenters. The van der Waals surface area contributed by atoms with E-state index >= 15 is 0 Å². The van der Waals surface area contributed by atoms with Gasteiger partial charge in [0.25, 0.3) is 5.91 Å². The Morgan fingerprint density at radius 1 is 1.21 bits per heavy atom. The minimum Gasteiger partial charge on any atom is -0.493 e. The van der Waals surface area contributed by atoms with E-state index in [0.717, 1.165) is 23.2 Å². The van der Waals surface area contributed by atoms with Gasteiger partial charge in [-0.3, -0.25) is 9.48 Å². The maximum Gasteiger partial charge on any atom is 0.257 e. The van der Waals surface area contributed by atoms with Crippen molar-refractivity contribution in [1.82, 2.24) is 24.7 Å². The monoisotopic (exact) mass is 444 g/mol. The fraction of sp³-hybridized carbons (Fsp3) is 0.292. The lowest BCUT2D eigenvalue weighted by molar-refractivity contribution is -0.133. The van der Waals surface area contributed by atoms with Crippen molar-refractivity contribution in [2.24, 2.45) is 7.05 Å². The molecule has 3 aromatic heterocycles. The summed E-state index contributed by atoms with van der Waals surface area (Å²) in [6.07, 6.45) is 4.89. The lowest BCUT2D eigenvalue weighted by Gasteiger charge is -2.22. The summed E-state index contributed by atoms with van der Waals surface area (Å²) in [6.45, 7) is 2.35. The molecule has 9 heteroatoms. The van der Waals surface area contributed by atoms with Crippen LogP contribution in [0.3, 0.4) is 0 Å². The van der Waals surface area contributed by atoms with E-state index in [1.165, 1.54) is 13.4 Å². The first-order chi connectivity index (χ1) is 16.0. The van der Waals surface area contributed by atoms with Crippen molar-refractivity contribution in [3.8, 4) is 28.3 Å². The normalized spacial score (nSPS) is 17.9. The van der Waals surface area contributed by atoms with Gasteiger partial charge in [-0.15, -0.1) is 0 Å². The molecule has 1 aromatic carbocycles. The van der Waals surface area contributed by atoms with E-state index in [-0.39, 0.29) is 5.91 Å². The first-order valence-electron chi connectivity index (χ1n) is 10.7. The number of carbonyl (C=O) groups is 1. The molecule has 33 heavy (non-hydrogen) atoms. The number of pyridine rings is 1. The molecule has 1 N–H and O–H groups in total. The number of benzene rings is 1. The van der Waals surface area contributed by atoms with Crippen molar-refractivity contribution in [3.05, 3.63) is 48.9 Å². The fourth-order valence-corrected chi connectivity index (χ4v) is 4.08. The number of aryl methyl sites for hydroxylation is 1. The molecule has 1 fully saturated rings. The van der Waals surface area contributed by atoms with Gasteiger partial charge in [0, 0.05) is 37.0 Å². The SMILES string of the molecule is COc1cc2ncnc(-c3cn(C)nc3-c3ccccc3)c2nc1NC(=O)[C@@]1(C)CCCO1. The van der Waals surface area contributed by atoms with Crippen LogP contribution in [0.2, 0.25) is 0 Å². The zero-order chi connectivity index (χ0) is 23.0. The van der Waals surface area contributed by atoms with Gasteiger partial charge in [0.1, 0.15) is 28.8 Å². The number of aromatic nitrogens is 5. The Morgan fingerprint density at radius 3 is 2.76 bits per heavy atom. The average Bonchev–Trinajstić information content (AvgIpc) is 3.45. The number of fused-ring (bicyclic) bond motifs is 1. The Balaban J connectivity index is 1.64. The molecule has 0 radical (unpaired) electrons. The van der Waals surface area contributed by atoms with Crippen LogP contribution in [0.25, 0.3) is 33.5 Å². The van der Waals surface area contributed by atoms with E-state index < -0.39 is 5.60 Å². The summed E-state index contributed by atoms with van der Waals surface area (Å²) in [6, 6.07) is 11.6. The summed E-state index contributed by atoms with van der Waals surface area (Å²) in [4.78, 5) is 26.6. The average molecular weight is 444 g/mol. The third-order valence-electron chi connectivity index (χ3n) is 5.86. The van der Waals surface area contributed by atoms with Gasteiger partial charge >= 0.3 is 0 Å². The number of hydrogen-bond acceptors (Lipinski definition) is 7. The first-order valence-corrected chi connectivity index (χ1v) is 10.7. The summed E-state index contributed by atoms with van der Waals surface area (Å²) in [7, 11) is 3.40. The van der Waals surface area contributed by atoms with Gasteiger partial charge in [0.05, 0.1) is 12.6 Å². The van der Waals surface area contributed by atoms with Gasteiger partial charge in [0.2, 0.25) is 0 Å².